The monoisotopic (exact) mass is 251 g/mol. The third kappa shape index (κ3) is 2.20. The second-order valence-electron chi connectivity index (χ2n) is 3.97. The highest BCUT2D eigenvalue weighted by atomic mass is 32.2. The van der Waals surface area contributed by atoms with Crippen molar-refractivity contribution < 1.29 is 0 Å². The lowest BCUT2D eigenvalue weighted by molar-refractivity contribution is 0.886. The number of nitrogens with zero attached hydrogens (tertiary/aromatic N) is 2. The minimum Gasteiger partial charge on any atom is -0.305 e. The van der Waals surface area contributed by atoms with Crippen molar-refractivity contribution in [2.75, 3.05) is 0 Å². The molecule has 0 unspecified atom stereocenters. The molecule has 2 aliphatic rings. The molecule has 0 spiro atoms. The van der Waals surface area contributed by atoms with Crippen LogP contribution in [0.25, 0.3) is 0 Å². The number of aromatic nitrogens is 1. The van der Waals surface area contributed by atoms with Crippen LogP contribution < -0.4 is 4.72 Å². The maximum absolute atomic E-state index is 4.55. The van der Waals surface area contributed by atoms with E-state index in [1.807, 2.05) is 23.9 Å². The Hall–Kier alpha value is -0.680. The van der Waals surface area contributed by atoms with Gasteiger partial charge in [0.1, 0.15) is 0 Å². The van der Waals surface area contributed by atoms with Gasteiger partial charge in [-0.3, -0.25) is 0 Å². The number of fused-ring (bicyclic) bond motifs is 1. The average molecular weight is 251 g/mol. The molecule has 84 valence electrons. The molecular weight excluding hydrogens is 238 g/mol. The van der Waals surface area contributed by atoms with Gasteiger partial charge in [0.05, 0.1) is 4.90 Å². The lowest BCUT2D eigenvalue weighted by Crippen LogP contribution is -2.17. The van der Waals surface area contributed by atoms with Gasteiger partial charge < -0.3 is 4.72 Å². The van der Waals surface area contributed by atoms with Crippen LogP contribution in [0.5, 0.6) is 0 Å². The highest BCUT2D eigenvalue weighted by Crippen LogP contribution is 2.35. The maximum Gasteiger partial charge on any atom is 0.174 e. The number of rotatable bonds is 1. The number of amidine groups is 1. The molecule has 1 saturated carbocycles. The highest BCUT2D eigenvalue weighted by molar-refractivity contribution is 8.16. The zero-order valence-electron chi connectivity index (χ0n) is 8.85. The zero-order valence-corrected chi connectivity index (χ0v) is 10.5. The summed E-state index contributed by atoms with van der Waals surface area (Å²) in [5, 5.41) is 1.76. The smallest absolute Gasteiger partial charge is 0.174 e. The van der Waals surface area contributed by atoms with Gasteiger partial charge in [0.25, 0.3) is 0 Å². The van der Waals surface area contributed by atoms with Crippen LogP contribution >= 0.6 is 23.7 Å². The number of hydrogen-bond donors (Lipinski definition) is 1. The van der Waals surface area contributed by atoms with Crippen molar-refractivity contribution in [2.45, 2.75) is 35.8 Å². The standard InChI is InChI=1S/C11H13N3S2/c1-2-5-8(4-1)15-11-13-10-9(16-14-11)6-3-7-12-10/h3,6-8H,1-2,4-5H2,(H,12,13,14). The highest BCUT2D eigenvalue weighted by Gasteiger charge is 2.20. The molecule has 2 heterocycles. The topological polar surface area (TPSA) is 37.3 Å². The Morgan fingerprint density at radius 2 is 2.25 bits per heavy atom. The average Bonchev–Trinajstić information content (AvgIpc) is 2.82. The Labute approximate surface area is 104 Å². The summed E-state index contributed by atoms with van der Waals surface area (Å²) < 4.78 is 3.29. The van der Waals surface area contributed by atoms with Crippen molar-refractivity contribution in [3.63, 3.8) is 0 Å². The summed E-state index contributed by atoms with van der Waals surface area (Å²) in [7, 11) is 0. The molecule has 0 saturated heterocycles. The van der Waals surface area contributed by atoms with E-state index in [0.717, 1.165) is 21.1 Å². The predicted molar refractivity (Wildman–Crippen MR) is 70.2 cm³/mol. The zero-order chi connectivity index (χ0) is 10.8. The van der Waals surface area contributed by atoms with Crippen molar-refractivity contribution in [3.05, 3.63) is 18.3 Å². The van der Waals surface area contributed by atoms with Gasteiger partial charge in [0, 0.05) is 11.4 Å². The first-order chi connectivity index (χ1) is 7.92. The van der Waals surface area contributed by atoms with Crippen LogP contribution in [0.3, 0.4) is 0 Å². The fourth-order valence-electron chi connectivity index (χ4n) is 1.98. The normalized spacial score (nSPS) is 20.1. The van der Waals surface area contributed by atoms with Gasteiger partial charge in [-0.2, -0.15) is 0 Å². The van der Waals surface area contributed by atoms with Gasteiger partial charge in [-0.05, 0) is 36.9 Å². The molecule has 1 N–H and O–H groups in total. The van der Waals surface area contributed by atoms with Gasteiger partial charge in [0.15, 0.2) is 11.0 Å². The fourth-order valence-corrected chi connectivity index (χ4v) is 3.90. The van der Waals surface area contributed by atoms with E-state index in [-0.39, 0.29) is 0 Å². The van der Waals surface area contributed by atoms with Crippen molar-refractivity contribution in [3.8, 4) is 0 Å². The van der Waals surface area contributed by atoms with Crippen LogP contribution in [0.2, 0.25) is 0 Å². The summed E-state index contributed by atoms with van der Waals surface area (Å²) in [4.78, 5) is 9.94. The van der Waals surface area contributed by atoms with Crippen LogP contribution in [-0.2, 0) is 0 Å². The molecule has 5 heteroatoms. The van der Waals surface area contributed by atoms with Gasteiger partial charge in [-0.25, -0.2) is 9.98 Å². The molecule has 0 bridgehead atoms. The largest absolute Gasteiger partial charge is 0.305 e. The van der Waals surface area contributed by atoms with Crippen molar-refractivity contribution >= 4 is 34.7 Å². The molecule has 1 aromatic rings. The van der Waals surface area contributed by atoms with Crippen LogP contribution in [0.15, 0.2) is 28.2 Å². The van der Waals surface area contributed by atoms with E-state index in [0.29, 0.717) is 0 Å². The minimum absolute atomic E-state index is 0.747. The van der Waals surface area contributed by atoms with Gasteiger partial charge in [-0.1, -0.05) is 24.6 Å². The van der Waals surface area contributed by atoms with Gasteiger partial charge in [0.2, 0.25) is 0 Å². The molecule has 0 atom stereocenters. The van der Waals surface area contributed by atoms with E-state index < -0.39 is 0 Å². The summed E-state index contributed by atoms with van der Waals surface area (Å²) in [5.41, 5.74) is 0. The first-order valence-corrected chi connectivity index (χ1v) is 7.25. The summed E-state index contributed by atoms with van der Waals surface area (Å²) in [5.74, 6) is 0.853. The molecule has 0 radical (unpaired) electrons. The number of nitrogens with one attached hydrogen (secondary N) is 1. The Morgan fingerprint density at radius 1 is 1.38 bits per heavy atom. The van der Waals surface area contributed by atoms with E-state index in [2.05, 4.69) is 14.7 Å². The predicted octanol–water partition coefficient (Wildman–Crippen LogP) is 3.36. The Kier molecular flexibility index (Phi) is 3.06. The van der Waals surface area contributed by atoms with Crippen LogP contribution in [-0.4, -0.2) is 15.4 Å². The molecule has 1 aliphatic heterocycles. The van der Waals surface area contributed by atoms with Crippen LogP contribution in [0.1, 0.15) is 25.7 Å². The maximum atomic E-state index is 4.55. The van der Waals surface area contributed by atoms with Crippen LogP contribution in [0.4, 0.5) is 5.82 Å². The quantitative estimate of drug-likeness (QED) is 0.777. The fraction of sp³-hybridized carbons (Fsp3) is 0.455. The summed E-state index contributed by atoms with van der Waals surface area (Å²) in [6.07, 6.45) is 7.18. The van der Waals surface area contributed by atoms with E-state index in [1.165, 1.54) is 25.7 Å². The number of pyridine rings is 1. The second kappa shape index (κ2) is 4.67. The second-order valence-corrected chi connectivity index (χ2v) is 6.11. The van der Waals surface area contributed by atoms with E-state index >= 15 is 0 Å². The molecule has 0 aromatic carbocycles. The summed E-state index contributed by atoms with van der Waals surface area (Å²) in [6, 6.07) is 3.98. The van der Waals surface area contributed by atoms with E-state index in [1.54, 1.807) is 18.1 Å². The van der Waals surface area contributed by atoms with Crippen molar-refractivity contribution in [1.29, 1.82) is 0 Å². The van der Waals surface area contributed by atoms with Crippen molar-refractivity contribution in [1.82, 2.24) is 9.71 Å². The third-order valence-electron chi connectivity index (χ3n) is 2.79. The molecule has 3 rings (SSSR count). The Morgan fingerprint density at radius 3 is 3.12 bits per heavy atom. The third-order valence-corrected chi connectivity index (χ3v) is 4.97. The SMILES string of the molecule is c1cnc2c(c1)SNC(SC1CCCC1)=N2. The van der Waals surface area contributed by atoms with E-state index in [4.69, 9.17) is 0 Å². The van der Waals surface area contributed by atoms with Gasteiger partial charge in [-0.15, -0.1) is 0 Å². The molecule has 1 aromatic heterocycles. The molecule has 1 fully saturated rings. The molecular formula is C11H13N3S2. The number of hydrogen-bond acceptors (Lipinski definition) is 5. The Balaban J connectivity index is 1.75. The Bertz CT molecular complexity index is 413. The first-order valence-electron chi connectivity index (χ1n) is 5.55. The molecule has 1 aliphatic carbocycles. The van der Waals surface area contributed by atoms with E-state index in [9.17, 15) is 0 Å². The van der Waals surface area contributed by atoms with Crippen LogP contribution in [0, 0.1) is 0 Å². The molecule has 3 nitrogen and oxygen atoms in total. The number of thioether (sulfide) groups is 1. The summed E-state index contributed by atoms with van der Waals surface area (Å²) >= 11 is 3.49. The molecule has 16 heavy (non-hydrogen) atoms. The first kappa shape index (κ1) is 10.5. The lowest BCUT2D eigenvalue weighted by atomic mass is 10.4. The number of aliphatic imine (C=N–C) groups is 1. The minimum atomic E-state index is 0.747. The molecule has 0 amide bonds. The van der Waals surface area contributed by atoms with Gasteiger partial charge >= 0.3 is 0 Å². The summed E-state index contributed by atoms with van der Waals surface area (Å²) in [6.45, 7) is 0. The lowest BCUT2D eigenvalue weighted by Gasteiger charge is -2.17. The van der Waals surface area contributed by atoms with Crippen molar-refractivity contribution in [2.24, 2.45) is 4.99 Å².